The monoisotopic (exact) mass is 514 g/mol. The summed E-state index contributed by atoms with van der Waals surface area (Å²) in [6, 6.07) is 27.1. The Morgan fingerprint density at radius 3 is 2.44 bits per heavy atom. The molecule has 4 aromatic rings. The van der Waals surface area contributed by atoms with Crippen molar-refractivity contribution in [2.24, 2.45) is 0 Å². The highest BCUT2D eigenvalue weighted by atomic mass is 35.5. The summed E-state index contributed by atoms with van der Waals surface area (Å²) in [6.45, 7) is 2.60. The van der Waals surface area contributed by atoms with Gasteiger partial charge in [0.2, 0.25) is 0 Å². The Kier molecular flexibility index (Phi) is 6.72. The fourth-order valence-corrected chi connectivity index (χ4v) is 5.73. The lowest BCUT2D eigenvalue weighted by atomic mass is 10.1. The predicted molar refractivity (Wildman–Crippen MR) is 142 cm³/mol. The molecule has 36 heavy (non-hydrogen) atoms. The first-order valence-corrected chi connectivity index (χ1v) is 13.0. The van der Waals surface area contributed by atoms with E-state index in [0.29, 0.717) is 38.2 Å². The normalized spacial score (nSPS) is 14.6. The van der Waals surface area contributed by atoms with Gasteiger partial charge >= 0.3 is 0 Å². The summed E-state index contributed by atoms with van der Waals surface area (Å²) < 4.78 is 13.6. The number of fused-ring (bicyclic) bond motifs is 2. The highest BCUT2D eigenvalue weighted by Crippen LogP contribution is 2.36. The molecule has 1 aliphatic heterocycles. The molecule has 0 saturated carbocycles. The van der Waals surface area contributed by atoms with E-state index >= 15 is 0 Å². The zero-order chi connectivity index (χ0) is 25.2. The molecule has 1 N–H and O–H groups in total. The van der Waals surface area contributed by atoms with Crippen LogP contribution in [0.5, 0.6) is 0 Å². The van der Waals surface area contributed by atoms with Gasteiger partial charge in [0.25, 0.3) is 11.8 Å². The van der Waals surface area contributed by atoms with Gasteiger partial charge in [-0.15, -0.1) is 0 Å². The molecule has 2 amide bonds. The molecule has 180 valence electrons. The topological polar surface area (TPSA) is 66.5 Å². The van der Waals surface area contributed by atoms with Crippen LogP contribution in [0.2, 0.25) is 5.02 Å². The van der Waals surface area contributed by atoms with Gasteiger partial charge in [-0.3, -0.25) is 9.59 Å². The minimum absolute atomic E-state index is 0.215. The molecule has 4 aromatic carbocycles. The van der Waals surface area contributed by atoms with Crippen molar-refractivity contribution in [1.82, 2.24) is 5.32 Å². The first kappa shape index (κ1) is 24.0. The van der Waals surface area contributed by atoms with E-state index in [1.807, 2.05) is 43.3 Å². The molecule has 5 nitrogen and oxygen atoms in total. The van der Waals surface area contributed by atoms with Crippen LogP contribution in [0, 0.1) is 6.92 Å². The Hall–Kier alpha value is -3.74. The van der Waals surface area contributed by atoms with Crippen LogP contribution in [-0.2, 0) is 23.9 Å². The van der Waals surface area contributed by atoms with Crippen molar-refractivity contribution in [3.63, 3.8) is 0 Å². The Labute approximate surface area is 217 Å². The molecular weight excluding hydrogens is 492 g/mol. The summed E-state index contributed by atoms with van der Waals surface area (Å²) in [6.07, 6.45) is 0. The third-order valence-electron chi connectivity index (χ3n) is 6.08. The largest absolute Gasteiger partial charge is 0.348 e. The van der Waals surface area contributed by atoms with Gasteiger partial charge in [0.15, 0.2) is 0 Å². The molecule has 0 unspecified atom stereocenters. The Balaban J connectivity index is 1.53. The summed E-state index contributed by atoms with van der Waals surface area (Å²) in [7, 11) is -1.59. The van der Waals surface area contributed by atoms with E-state index in [2.05, 4.69) is 5.32 Å². The molecule has 7 heteroatoms. The van der Waals surface area contributed by atoms with Crippen molar-refractivity contribution in [3.8, 4) is 0 Å². The number of nitrogens with zero attached hydrogens (tertiary/aromatic N) is 1. The first-order valence-electron chi connectivity index (χ1n) is 11.5. The van der Waals surface area contributed by atoms with Gasteiger partial charge in [0.05, 0.1) is 38.4 Å². The molecule has 0 spiro atoms. The van der Waals surface area contributed by atoms with Crippen LogP contribution in [0.25, 0.3) is 0 Å². The van der Waals surface area contributed by atoms with E-state index < -0.39 is 10.8 Å². The number of rotatable bonds is 5. The lowest BCUT2D eigenvalue weighted by molar-refractivity contribution is 0.0947. The van der Waals surface area contributed by atoms with E-state index in [1.165, 1.54) is 0 Å². The third-order valence-corrected chi connectivity index (χ3v) is 7.81. The Morgan fingerprint density at radius 1 is 0.889 bits per heavy atom. The van der Waals surface area contributed by atoms with E-state index in [4.69, 9.17) is 11.6 Å². The fraction of sp³-hybridized carbons (Fsp3) is 0.103. The van der Waals surface area contributed by atoms with Crippen LogP contribution < -0.4 is 10.2 Å². The number of hydrogen-bond acceptors (Lipinski definition) is 3. The Morgan fingerprint density at radius 2 is 1.67 bits per heavy atom. The zero-order valence-electron chi connectivity index (χ0n) is 19.5. The number of hydrogen-bond donors (Lipinski definition) is 1. The van der Waals surface area contributed by atoms with Gasteiger partial charge in [-0.2, -0.15) is 0 Å². The molecule has 0 radical (unpaired) electrons. The van der Waals surface area contributed by atoms with Crippen LogP contribution >= 0.6 is 11.6 Å². The minimum Gasteiger partial charge on any atom is -0.348 e. The summed E-state index contributed by atoms with van der Waals surface area (Å²) in [5, 5.41) is 3.49. The zero-order valence-corrected chi connectivity index (χ0v) is 21.1. The van der Waals surface area contributed by atoms with E-state index in [1.54, 1.807) is 59.5 Å². The van der Waals surface area contributed by atoms with Crippen molar-refractivity contribution in [1.29, 1.82) is 0 Å². The van der Waals surface area contributed by atoms with Gasteiger partial charge in [-0.1, -0.05) is 65.7 Å². The van der Waals surface area contributed by atoms with Crippen LogP contribution in [0.3, 0.4) is 0 Å². The average Bonchev–Trinajstić information content (AvgIpc) is 2.97. The highest BCUT2D eigenvalue weighted by molar-refractivity contribution is 7.85. The van der Waals surface area contributed by atoms with E-state index in [0.717, 1.165) is 16.7 Å². The van der Waals surface area contributed by atoms with Crippen molar-refractivity contribution in [3.05, 3.63) is 124 Å². The quantitative estimate of drug-likeness (QED) is 0.360. The second-order valence-electron chi connectivity index (χ2n) is 8.64. The van der Waals surface area contributed by atoms with Gasteiger partial charge < -0.3 is 10.2 Å². The molecule has 5 rings (SSSR count). The number of anilines is 1. The number of aryl methyl sites for hydroxylation is 1. The number of amides is 2. The molecule has 1 aliphatic rings. The van der Waals surface area contributed by atoms with E-state index in [9.17, 15) is 13.8 Å². The van der Waals surface area contributed by atoms with Crippen molar-refractivity contribution >= 4 is 39.9 Å². The lowest BCUT2D eigenvalue weighted by Gasteiger charge is -2.24. The predicted octanol–water partition coefficient (Wildman–Crippen LogP) is 5.91. The number of carbonyl (C=O) groups excluding carboxylic acids is 2. The molecule has 0 saturated heterocycles. The van der Waals surface area contributed by atoms with Gasteiger partial charge in [0.1, 0.15) is 0 Å². The van der Waals surface area contributed by atoms with Crippen molar-refractivity contribution < 1.29 is 13.8 Å². The summed E-state index contributed by atoms with van der Waals surface area (Å²) in [5.74, 6) is -0.559. The SMILES string of the molecule is Cc1ccc(CNC(=O)c2ccc3c(c2)N(Cc2cccc(Cl)c2)C(=O)c2ccccc2[S@@]3=O)cc1. The Bertz CT molecular complexity index is 1500. The number of benzene rings is 4. The van der Waals surface area contributed by atoms with Crippen LogP contribution in [-0.4, -0.2) is 16.0 Å². The molecule has 1 atom stereocenters. The second-order valence-corrected chi connectivity index (χ2v) is 10.5. The summed E-state index contributed by atoms with van der Waals surface area (Å²) in [5.41, 5.74) is 4.15. The molecule has 0 aliphatic carbocycles. The molecule has 0 aromatic heterocycles. The lowest BCUT2D eigenvalue weighted by Crippen LogP contribution is -2.31. The third kappa shape index (κ3) is 4.83. The number of halogens is 1. The minimum atomic E-state index is -1.59. The maximum Gasteiger partial charge on any atom is 0.259 e. The smallest absolute Gasteiger partial charge is 0.259 e. The highest BCUT2D eigenvalue weighted by Gasteiger charge is 2.31. The van der Waals surface area contributed by atoms with Gasteiger partial charge in [-0.25, -0.2) is 4.21 Å². The number of carbonyl (C=O) groups is 2. The van der Waals surface area contributed by atoms with E-state index in [-0.39, 0.29) is 18.4 Å². The van der Waals surface area contributed by atoms with Crippen molar-refractivity contribution in [2.75, 3.05) is 4.90 Å². The van der Waals surface area contributed by atoms with Gasteiger partial charge in [-0.05, 0) is 60.5 Å². The molecule has 0 fully saturated rings. The standard InChI is InChI=1S/C29H23ClN2O3S/c1-19-9-11-20(12-10-19)17-31-28(33)22-13-14-27-25(16-22)32(18-21-5-4-6-23(30)15-21)29(34)24-7-2-3-8-26(24)36(27)35/h2-16H,17-18H2,1H3,(H,31,33)/t36-/m0/s1. The summed E-state index contributed by atoms with van der Waals surface area (Å²) in [4.78, 5) is 29.3. The van der Waals surface area contributed by atoms with Crippen molar-refractivity contribution in [2.45, 2.75) is 29.8 Å². The first-order chi connectivity index (χ1) is 17.4. The molecule has 1 heterocycles. The van der Waals surface area contributed by atoms with Gasteiger partial charge in [0, 0.05) is 17.1 Å². The summed E-state index contributed by atoms with van der Waals surface area (Å²) >= 11 is 6.19. The maximum atomic E-state index is 13.7. The molecular formula is C29H23ClN2O3S. The average molecular weight is 515 g/mol. The van der Waals surface area contributed by atoms with Crippen LogP contribution in [0.15, 0.2) is 101 Å². The van der Waals surface area contributed by atoms with Crippen LogP contribution in [0.1, 0.15) is 37.4 Å². The second kappa shape index (κ2) is 10.1. The molecule has 0 bridgehead atoms. The maximum absolute atomic E-state index is 13.7. The number of nitrogens with one attached hydrogen (secondary N) is 1. The fourth-order valence-electron chi connectivity index (χ4n) is 4.17. The van der Waals surface area contributed by atoms with Crippen LogP contribution in [0.4, 0.5) is 5.69 Å².